The van der Waals surface area contributed by atoms with Gasteiger partial charge in [0.05, 0.1) is 23.6 Å². The number of rotatable bonds is 5. The Bertz CT molecular complexity index is 749. The molecule has 1 fully saturated rings. The molecule has 1 aliphatic carbocycles. The maximum atomic E-state index is 11.0. The van der Waals surface area contributed by atoms with E-state index in [4.69, 9.17) is 9.84 Å². The van der Waals surface area contributed by atoms with Crippen LogP contribution in [0.4, 0.5) is 0 Å². The van der Waals surface area contributed by atoms with E-state index in [9.17, 15) is 4.79 Å². The summed E-state index contributed by atoms with van der Waals surface area (Å²) in [7, 11) is 0. The van der Waals surface area contributed by atoms with E-state index >= 15 is 0 Å². The summed E-state index contributed by atoms with van der Waals surface area (Å²) in [6, 6.07) is 5.70. The van der Waals surface area contributed by atoms with Gasteiger partial charge in [-0.2, -0.15) is 0 Å². The van der Waals surface area contributed by atoms with Crippen LogP contribution in [0.25, 0.3) is 17.1 Å². The molecule has 5 nitrogen and oxygen atoms in total. The molecule has 1 N–H and O–H groups in total. The molecule has 0 aliphatic heterocycles. The monoisotopic (exact) mass is 326 g/mol. The van der Waals surface area contributed by atoms with Crippen LogP contribution in [0, 0.1) is 11.8 Å². The van der Waals surface area contributed by atoms with Gasteiger partial charge in [0.2, 0.25) is 5.88 Å². The van der Waals surface area contributed by atoms with Crippen molar-refractivity contribution in [1.82, 2.24) is 9.97 Å². The molecule has 0 atom stereocenters. The van der Waals surface area contributed by atoms with Crippen LogP contribution in [0.5, 0.6) is 5.88 Å². The lowest BCUT2D eigenvalue weighted by atomic mass is 9.82. The average Bonchev–Trinajstić information content (AvgIpc) is 2.60. The van der Waals surface area contributed by atoms with E-state index < -0.39 is 5.97 Å². The first-order valence-corrected chi connectivity index (χ1v) is 8.47. The van der Waals surface area contributed by atoms with Crippen molar-refractivity contribution < 1.29 is 14.6 Å². The zero-order valence-electron chi connectivity index (χ0n) is 13.8. The first-order chi connectivity index (χ1) is 11.7. The highest BCUT2D eigenvalue weighted by molar-refractivity contribution is 5.84. The maximum Gasteiger partial charge on any atom is 0.306 e. The second-order valence-electron chi connectivity index (χ2n) is 6.16. The van der Waals surface area contributed by atoms with Gasteiger partial charge in [-0.3, -0.25) is 9.78 Å². The highest BCUT2D eigenvalue weighted by Crippen LogP contribution is 2.30. The summed E-state index contributed by atoms with van der Waals surface area (Å²) in [5.74, 6) is 0.200. The van der Waals surface area contributed by atoms with Crippen molar-refractivity contribution in [2.45, 2.75) is 32.6 Å². The topological polar surface area (TPSA) is 72.3 Å². The van der Waals surface area contributed by atoms with E-state index in [0.717, 1.165) is 42.3 Å². The van der Waals surface area contributed by atoms with Crippen LogP contribution in [0.1, 0.15) is 38.2 Å². The minimum atomic E-state index is -0.662. The van der Waals surface area contributed by atoms with Crippen LogP contribution in [-0.2, 0) is 4.79 Å². The Morgan fingerprint density at radius 2 is 2.08 bits per heavy atom. The molecule has 0 bridgehead atoms. The number of aliphatic carboxylic acids is 1. The molecule has 24 heavy (non-hydrogen) atoms. The SMILES string of the molecule is CCOc1ccc2nccc(/C=C/[C@H]3CC[C@H](C(=O)O)CC3)c2n1. The van der Waals surface area contributed by atoms with Crippen LogP contribution in [0.2, 0.25) is 0 Å². The third kappa shape index (κ3) is 3.72. The largest absolute Gasteiger partial charge is 0.481 e. The van der Waals surface area contributed by atoms with Gasteiger partial charge >= 0.3 is 5.97 Å². The zero-order valence-corrected chi connectivity index (χ0v) is 13.8. The molecule has 2 aromatic heterocycles. The molecular formula is C19H22N2O3. The molecule has 5 heteroatoms. The van der Waals surface area contributed by atoms with Crippen LogP contribution < -0.4 is 4.74 Å². The molecule has 0 amide bonds. The normalized spacial score (nSPS) is 21.2. The highest BCUT2D eigenvalue weighted by atomic mass is 16.5. The number of carbonyl (C=O) groups is 1. The van der Waals surface area contributed by atoms with E-state index in [1.165, 1.54) is 0 Å². The van der Waals surface area contributed by atoms with Crippen molar-refractivity contribution in [3.05, 3.63) is 36.0 Å². The van der Waals surface area contributed by atoms with Crippen LogP contribution in [0.15, 0.2) is 30.5 Å². The number of carboxylic acid groups (broad SMARTS) is 1. The summed E-state index contributed by atoms with van der Waals surface area (Å²) >= 11 is 0. The maximum absolute atomic E-state index is 11.0. The molecule has 3 rings (SSSR count). The van der Waals surface area contributed by atoms with E-state index in [-0.39, 0.29) is 5.92 Å². The average molecular weight is 326 g/mol. The Labute approximate surface area is 141 Å². The number of hydrogen-bond donors (Lipinski definition) is 1. The Morgan fingerprint density at radius 1 is 1.29 bits per heavy atom. The summed E-state index contributed by atoms with van der Waals surface area (Å²) in [6.45, 7) is 2.51. The number of allylic oxidation sites excluding steroid dienone is 1. The van der Waals surface area contributed by atoms with Gasteiger partial charge in [0, 0.05) is 17.8 Å². The highest BCUT2D eigenvalue weighted by Gasteiger charge is 2.24. The molecular weight excluding hydrogens is 304 g/mol. The van der Waals surface area contributed by atoms with Gasteiger partial charge in [0.1, 0.15) is 0 Å². The lowest BCUT2D eigenvalue weighted by Crippen LogP contribution is -2.20. The number of aromatic nitrogens is 2. The Balaban J connectivity index is 1.77. The smallest absolute Gasteiger partial charge is 0.306 e. The van der Waals surface area contributed by atoms with Crippen molar-refractivity contribution in [2.24, 2.45) is 11.8 Å². The Hall–Kier alpha value is -2.43. The summed E-state index contributed by atoms with van der Waals surface area (Å²) in [6.07, 6.45) is 9.41. The minimum Gasteiger partial charge on any atom is -0.481 e. The van der Waals surface area contributed by atoms with Crippen LogP contribution >= 0.6 is 0 Å². The quantitative estimate of drug-likeness (QED) is 0.901. The Morgan fingerprint density at radius 3 is 2.79 bits per heavy atom. The molecule has 1 aliphatic rings. The van der Waals surface area contributed by atoms with Crippen LogP contribution in [-0.4, -0.2) is 27.7 Å². The number of pyridine rings is 2. The fourth-order valence-corrected chi connectivity index (χ4v) is 3.19. The second-order valence-corrected chi connectivity index (χ2v) is 6.16. The molecule has 0 aromatic carbocycles. The van der Waals surface area contributed by atoms with Crippen molar-refractivity contribution in [3.8, 4) is 5.88 Å². The van der Waals surface area contributed by atoms with Gasteiger partial charge < -0.3 is 9.84 Å². The molecule has 2 aromatic rings. The van der Waals surface area contributed by atoms with E-state index in [1.807, 2.05) is 25.1 Å². The zero-order chi connectivity index (χ0) is 16.9. The summed E-state index contributed by atoms with van der Waals surface area (Å²) in [5, 5.41) is 9.08. The second kappa shape index (κ2) is 7.43. The number of hydrogen-bond acceptors (Lipinski definition) is 4. The summed E-state index contributed by atoms with van der Waals surface area (Å²) < 4.78 is 5.48. The van der Waals surface area contributed by atoms with Gasteiger partial charge in [0.15, 0.2) is 0 Å². The number of carboxylic acids is 1. The fourth-order valence-electron chi connectivity index (χ4n) is 3.19. The lowest BCUT2D eigenvalue weighted by molar-refractivity contribution is -0.142. The van der Waals surface area contributed by atoms with Gasteiger partial charge in [-0.1, -0.05) is 12.2 Å². The number of ether oxygens (including phenoxy) is 1. The van der Waals surface area contributed by atoms with Crippen molar-refractivity contribution in [3.63, 3.8) is 0 Å². The molecule has 126 valence electrons. The fraction of sp³-hybridized carbons (Fsp3) is 0.421. The van der Waals surface area contributed by atoms with Crippen LogP contribution in [0.3, 0.4) is 0 Å². The van der Waals surface area contributed by atoms with Crippen molar-refractivity contribution >= 4 is 23.1 Å². The van der Waals surface area contributed by atoms with Crippen molar-refractivity contribution in [1.29, 1.82) is 0 Å². The lowest BCUT2D eigenvalue weighted by Gasteiger charge is -2.23. The first-order valence-electron chi connectivity index (χ1n) is 8.47. The predicted molar refractivity (Wildman–Crippen MR) is 92.8 cm³/mol. The van der Waals surface area contributed by atoms with E-state index in [0.29, 0.717) is 18.4 Å². The van der Waals surface area contributed by atoms with Crippen molar-refractivity contribution in [2.75, 3.05) is 6.61 Å². The van der Waals surface area contributed by atoms with Gasteiger partial charge in [0.25, 0.3) is 0 Å². The third-order valence-electron chi connectivity index (χ3n) is 4.55. The van der Waals surface area contributed by atoms with Gasteiger partial charge in [-0.05, 0) is 50.7 Å². The Kier molecular flexibility index (Phi) is 5.08. The van der Waals surface area contributed by atoms with Gasteiger partial charge in [-0.15, -0.1) is 0 Å². The van der Waals surface area contributed by atoms with E-state index in [1.54, 1.807) is 6.20 Å². The number of nitrogens with zero attached hydrogens (tertiary/aromatic N) is 2. The summed E-state index contributed by atoms with van der Waals surface area (Å²) in [4.78, 5) is 19.9. The molecule has 0 spiro atoms. The standard InChI is InChI=1S/C19H22N2O3/c1-2-24-17-10-9-16-18(21-17)14(11-12-20-16)6-3-13-4-7-15(8-5-13)19(22)23/h3,6,9-13,15H,2,4-5,7-8H2,1H3,(H,22,23)/b6-3+/t13-,15-. The first kappa shape index (κ1) is 16.4. The molecule has 0 radical (unpaired) electrons. The summed E-state index contributed by atoms with van der Waals surface area (Å²) in [5.41, 5.74) is 2.69. The third-order valence-corrected chi connectivity index (χ3v) is 4.55. The minimum absolute atomic E-state index is 0.174. The number of fused-ring (bicyclic) bond motifs is 1. The van der Waals surface area contributed by atoms with E-state index in [2.05, 4.69) is 22.1 Å². The molecule has 0 saturated heterocycles. The molecule has 1 saturated carbocycles. The van der Waals surface area contributed by atoms with Gasteiger partial charge in [-0.25, -0.2) is 4.98 Å². The molecule has 0 unspecified atom stereocenters. The molecule has 2 heterocycles. The predicted octanol–water partition coefficient (Wildman–Crippen LogP) is 3.93.